The van der Waals surface area contributed by atoms with E-state index in [2.05, 4.69) is 25.9 Å². The molecule has 0 fully saturated rings. The lowest BCUT2D eigenvalue weighted by Gasteiger charge is -2.17. The van der Waals surface area contributed by atoms with E-state index in [1.165, 1.54) is 11.8 Å². The summed E-state index contributed by atoms with van der Waals surface area (Å²) >= 11 is 4.78. The Morgan fingerprint density at radius 3 is 2.36 bits per heavy atom. The summed E-state index contributed by atoms with van der Waals surface area (Å²) in [4.78, 5) is 22.6. The highest BCUT2D eigenvalue weighted by atomic mass is 79.9. The molecule has 1 aromatic heterocycles. The molecule has 2 aromatic rings. The molecule has 22 heavy (non-hydrogen) atoms. The largest absolute Gasteiger partial charge is 0.341 e. The number of amides is 1. The zero-order valence-corrected chi connectivity index (χ0v) is 15.2. The zero-order valence-electron chi connectivity index (χ0n) is 12.8. The number of halogens is 1. The number of aromatic nitrogens is 2. The van der Waals surface area contributed by atoms with Crippen LogP contribution in [0.15, 0.2) is 40.0 Å². The van der Waals surface area contributed by atoms with Crippen molar-refractivity contribution in [2.45, 2.75) is 25.5 Å². The van der Waals surface area contributed by atoms with Crippen molar-refractivity contribution in [3.05, 3.63) is 51.8 Å². The quantitative estimate of drug-likeness (QED) is 0.587. The van der Waals surface area contributed by atoms with E-state index in [-0.39, 0.29) is 5.91 Å². The first-order valence-electron chi connectivity index (χ1n) is 6.87. The normalized spacial score (nSPS) is 10.5. The second kappa shape index (κ2) is 7.74. The van der Waals surface area contributed by atoms with Crippen molar-refractivity contribution in [2.75, 3.05) is 12.8 Å². The first kappa shape index (κ1) is 17.0. The Hall–Kier alpha value is -1.40. The Kier molecular flexibility index (Phi) is 5.97. The predicted molar refractivity (Wildman–Crippen MR) is 92.8 cm³/mol. The number of thioether (sulfide) groups is 1. The molecule has 0 atom stereocenters. The summed E-state index contributed by atoms with van der Waals surface area (Å²) in [6.07, 6.45) is 0. The van der Waals surface area contributed by atoms with E-state index in [1.807, 2.05) is 51.2 Å². The van der Waals surface area contributed by atoms with E-state index in [1.54, 1.807) is 4.90 Å². The van der Waals surface area contributed by atoms with Gasteiger partial charge in [0.1, 0.15) is 0 Å². The average Bonchev–Trinajstić information content (AvgIpc) is 2.46. The molecule has 0 saturated carbocycles. The van der Waals surface area contributed by atoms with Gasteiger partial charge >= 0.3 is 0 Å². The molecule has 0 aliphatic heterocycles. The SMILES string of the molecule is Cc1cc(C)nc(SCC(=O)N(C)Cc2ccc(Br)cc2)n1. The van der Waals surface area contributed by atoms with Gasteiger partial charge in [0.15, 0.2) is 5.16 Å². The third kappa shape index (κ3) is 5.10. The first-order valence-corrected chi connectivity index (χ1v) is 8.65. The molecule has 0 unspecified atom stereocenters. The summed E-state index contributed by atoms with van der Waals surface area (Å²) in [6.45, 7) is 4.46. The van der Waals surface area contributed by atoms with Crippen LogP contribution in [0.1, 0.15) is 17.0 Å². The van der Waals surface area contributed by atoms with E-state index in [0.717, 1.165) is 21.4 Å². The summed E-state index contributed by atoms with van der Waals surface area (Å²) in [7, 11) is 1.81. The third-order valence-corrected chi connectivity index (χ3v) is 4.41. The van der Waals surface area contributed by atoms with Gasteiger partial charge < -0.3 is 4.90 Å². The second-order valence-electron chi connectivity index (χ2n) is 5.10. The van der Waals surface area contributed by atoms with Gasteiger partial charge in [-0.3, -0.25) is 4.79 Å². The fourth-order valence-electron chi connectivity index (χ4n) is 1.95. The van der Waals surface area contributed by atoms with Crippen molar-refractivity contribution in [3.8, 4) is 0 Å². The lowest BCUT2D eigenvalue weighted by molar-refractivity contribution is -0.127. The second-order valence-corrected chi connectivity index (χ2v) is 6.96. The zero-order chi connectivity index (χ0) is 16.1. The molecule has 1 heterocycles. The summed E-state index contributed by atoms with van der Waals surface area (Å²) in [5.41, 5.74) is 2.95. The highest BCUT2D eigenvalue weighted by Crippen LogP contribution is 2.16. The Labute approximate surface area is 143 Å². The number of hydrogen-bond acceptors (Lipinski definition) is 4. The molecule has 0 saturated heterocycles. The van der Waals surface area contributed by atoms with Crippen molar-refractivity contribution in [1.29, 1.82) is 0 Å². The molecule has 0 aliphatic rings. The van der Waals surface area contributed by atoms with E-state index >= 15 is 0 Å². The number of carbonyl (C=O) groups is 1. The van der Waals surface area contributed by atoms with Crippen LogP contribution in [0.3, 0.4) is 0 Å². The standard InChI is InChI=1S/C16H18BrN3OS/c1-11-8-12(2)19-16(18-11)22-10-15(21)20(3)9-13-4-6-14(17)7-5-13/h4-8H,9-10H2,1-3H3. The maximum Gasteiger partial charge on any atom is 0.233 e. The Morgan fingerprint density at radius 2 is 1.77 bits per heavy atom. The molecule has 0 aliphatic carbocycles. The van der Waals surface area contributed by atoms with Gasteiger partial charge in [0.25, 0.3) is 0 Å². The number of rotatable bonds is 5. The van der Waals surface area contributed by atoms with Gasteiger partial charge in [-0.15, -0.1) is 0 Å². The molecular formula is C16H18BrN3OS. The lowest BCUT2D eigenvalue weighted by atomic mass is 10.2. The molecule has 1 aromatic carbocycles. The number of carbonyl (C=O) groups excluding carboxylic acids is 1. The van der Waals surface area contributed by atoms with Crippen LogP contribution < -0.4 is 0 Å². The van der Waals surface area contributed by atoms with E-state index < -0.39 is 0 Å². The third-order valence-electron chi connectivity index (χ3n) is 3.05. The first-order chi connectivity index (χ1) is 10.4. The average molecular weight is 380 g/mol. The monoisotopic (exact) mass is 379 g/mol. The molecule has 0 bridgehead atoms. The topological polar surface area (TPSA) is 46.1 Å². The number of hydrogen-bond donors (Lipinski definition) is 0. The number of benzene rings is 1. The Balaban J connectivity index is 1.89. The Bertz CT molecular complexity index is 641. The van der Waals surface area contributed by atoms with Gasteiger partial charge in [0.2, 0.25) is 5.91 Å². The molecule has 1 amide bonds. The van der Waals surface area contributed by atoms with Gasteiger partial charge in [-0.2, -0.15) is 0 Å². The van der Waals surface area contributed by atoms with E-state index in [0.29, 0.717) is 17.5 Å². The Morgan fingerprint density at radius 1 is 1.18 bits per heavy atom. The van der Waals surface area contributed by atoms with Crippen LogP contribution in [0.5, 0.6) is 0 Å². The molecule has 0 spiro atoms. The predicted octanol–water partition coefficient (Wildman–Crippen LogP) is 3.61. The summed E-state index contributed by atoms with van der Waals surface area (Å²) in [6, 6.07) is 9.89. The van der Waals surface area contributed by atoms with E-state index in [9.17, 15) is 4.79 Å². The van der Waals surface area contributed by atoms with Gasteiger partial charge in [-0.25, -0.2) is 9.97 Å². The van der Waals surface area contributed by atoms with Gasteiger partial charge in [-0.05, 0) is 37.6 Å². The van der Waals surface area contributed by atoms with Crippen LogP contribution in [0.2, 0.25) is 0 Å². The fraction of sp³-hybridized carbons (Fsp3) is 0.312. The maximum atomic E-state index is 12.2. The number of nitrogens with zero attached hydrogens (tertiary/aromatic N) is 3. The van der Waals surface area contributed by atoms with Crippen molar-refractivity contribution >= 4 is 33.6 Å². The minimum Gasteiger partial charge on any atom is -0.341 e. The number of aryl methyl sites for hydroxylation is 2. The van der Waals surface area contributed by atoms with Gasteiger partial charge in [-0.1, -0.05) is 39.8 Å². The van der Waals surface area contributed by atoms with Crippen molar-refractivity contribution in [3.63, 3.8) is 0 Å². The summed E-state index contributed by atoms with van der Waals surface area (Å²) < 4.78 is 1.03. The minimum atomic E-state index is 0.0654. The fourth-order valence-corrected chi connectivity index (χ4v) is 3.10. The van der Waals surface area contributed by atoms with Crippen molar-refractivity contribution < 1.29 is 4.79 Å². The molecular weight excluding hydrogens is 362 g/mol. The lowest BCUT2D eigenvalue weighted by Crippen LogP contribution is -2.27. The van der Waals surface area contributed by atoms with Crippen LogP contribution in [0.25, 0.3) is 0 Å². The van der Waals surface area contributed by atoms with Crippen LogP contribution in [-0.4, -0.2) is 33.6 Å². The maximum absolute atomic E-state index is 12.2. The van der Waals surface area contributed by atoms with E-state index in [4.69, 9.17) is 0 Å². The smallest absolute Gasteiger partial charge is 0.233 e. The summed E-state index contributed by atoms with van der Waals surface area (Å²) in [5.74, 6) is 0.409. The molecule has 0 radical (unpaired) electrons. The van der Waals surface area contributed by atoms with Crippen LogP contribution in [0, 0.1) is 13.8 Å². The highest BCUT2D eigenvalue weighted by molar-refractivity contribution is 9.10. The molecule has 2 rings (SSSR count). The molecule has 6 heteroatoms. The molecule has 4 nitrogen and oxygen atoms in total. The summed E-state index contributed by atoms with van der Waals surface area (Å²) in [5, 5.41) is 0.655. The van der Waals surface area contributed by atoms with Crippen LogP contribution >= 0.6 is 27.7 Å². The highest BCUT2D eigenvalue weighted by Gasteiger charge is 2.11. The van der Waals surface area contributed by atoms with Crippen LogP contribution in [0.4, 0.5) is 0 Å². The van der Waals surface area contributed by atoms with Crippen molar-refractivity contribution in [2.24, 2.45) is 0 Å². The molecule has 116 valence electrons. The van der Waals surface area contributed by atoms with Crippen molar-refractivity contribution in [1.82, 2.24) is 14.9 Å². The molecule has 0 N–H and O–H groups in total. The van der Waals surface area contributed by atoms with Gasteiger partial charge in [0, 0.05) is 29.5 Å². The van der Waals surface area contributed by atoms with Crippen LogP contribution in [-0.2, 0) is 11.3 Å². The van der Waals surface area contributed by atoms with Gasteiger partial charge in [0.05, 0.1) is 5.75 Å². The minimum absolute atomic E-state index is 0.0654.